The number of carbonyl (C=O) groups excluding carboxylic acids is 1. The second-order valence-corrected chi connectivity index (χ2v) is 8.07. The molecule has 5 nitrogen and oxygen atoms in total. The van der Waals surface area contributed by atoms with Gasteiger partial charge in [0.05, 0.1) is 11.4 Å². The molecule has 1 saturated heterocycles. The molecule has 1 aromatic heterocycles. The highest BCUT2D eigenvalue weighted by atomic mass is 16.1. The molecule has 0 saturated carbocycles. The number of nitrogens with zero attached hydrogens (tertiary/aromatic N) is 3. The highest BCUT2D eigenvalue weighted by Crippen LogP contribution is 2.27. The minimum atomic E-state index is 0.0458. The number of likely N-dealkylation sites (tertiary alicyclic amines) is 1. The van der Waals surface area contributed by atoms with Crippen LogP contribution in [0.4, 0.5) is 0 Å². The number of aryl methyl sites for hydroxylation is 2. The molecule has 0 radical (unpaired) electrons. The van der Waals surface area contributed by atoms with Crippen molar-refractivity contribution in [3.8, 4) is 16.9 Å². The van der Waals surface area contributed by atoms with Crippen LogP contribution in [0.5, 0.6) is 0 Å². The monoisotopic (exact) mass is 388 g/mol. The number of hydrogen-bond donors (Lipinski definition) is 1. The first-order valence-electron chi connectivity index (χ1n) is 10.2. The molecule has 29 heavy (non-hydrogen) atoms. The maximum absolute atomic E-state index is 11.4. The number of aromatic nitrogens is 2. The molecule has 0 bridgehead atoms. The molecular formula is C24H28N4O. The van der Waals surface area contributed by atoms with Gasteiger partial charge in [-0.25, -0.2) is 4.68 Å². The first-order chi connectivity index (χ1) is 14.0. The van der Waals surface area contributed by atoms with Gasteiger partial charge in [0.15, 0.2) is 0 Å². The van der Waals surface area contributed by atoms with E-state index in [1.165, 1.54) is 16.7 Å². The number of rotatable bonds is 5. The molecule has 1 atom stereocenters. The smallest absolute Gasteiger partial charge is 0.217 e. The van der Waals surface area contributed by atoms with Crippen molar-refractivity contribution >= 4 is 5.91 Å². The van der Waals surface area contributed by atoms with Crippen LogP contribution < -0.4 is 5.32 Å². The summed E-state index contributed by atoms with van der Waals surface area (Å²) in [6, 6.07) is 17.2. The van der Waals surface area contributed by atoms with Gasteiger partial charge in [0.2, 0.25) is 5.91 Å². The molecule has 2 aromatic carbocycles. The highest BCUT2D eigenvalue weighted by Gasteiger charge is 2.24. The van der Waals surface area contributed by atoms with E-state index in [4.69, 9.17) is 5.10 Å². The van der Waals surface area contributed by atoms with Crippen LogP contribution in [0.1, 0.15) is 30.0 Å². The summed E-state index contributed by atoms with van der Waals surface area (Å²) in [5, 5.41) is 8.00. The average Bonchev–Trinajstić information content (AvgIpc) is 3.29. The van der Waals surface area contributed by atoms with Gasteiger partial charge in [-0.3, -0.25) is 9.69 Å². The van der Waals surface area contributed by atoms with E-state index in [2.05, 4.69) is 78.8 Å². The Kier molecular flexibility index (Phi) is 5.49. The molecule has 1 N–H and O–H groups in total. The van der Waals surface area contributed by atoms with E-state index in [1.54, 1.807) is 6.92 Å². The SMILES string of the molecule is CC(=O)NC1CCN(Cc2cn(-c3ccc(C)cc3)nc2-c2cccc(C)c2)C1. The predicted molar refractivity (Wildman–Crippen MR) is 116 cm³/mol. The number of carbonyl (C=O) groups is 1. The lowest BCUT2D eigenvalue weighted by molar-refractivity contribution is -0.119. The van der Waals surface area contributed by atoms with Gasteiger partial charge >= 0.3 is 0 Å². The van der Waals surface area contributed by atoms with Crippen LogP contribution in [-0.2, 0) is 11.3 Å². The summed E-state index contributed by atoms with van der Waals surface area (Å²) in [5.41, 5.74) is 6.90. The third kappa shape index (κ3) is 4.57. The Hall–Kier alpha value is -2.92. The van der Waals surface area contributed by atoms with Crippen molar-refractivity contribution in [1.29, 1.82) is 0 Å². The fourth-order valence-corrected chi connectivity index (χ4v) is 4.01. The van der Waals surface area contributed by atoms with Crippen molar-refractivity contribution in [3.63, 3.8) is 0 Å². The first-order valence-corrected chi connectivity index (χ1v) is 10.2. The molecule has 2 heterocycles. The summed E-state index contributed by atoms with van der Waals surface area (Å²) in [5.74, 6) is 0.0458. The van der Waals surface area contributed by atoms with Crippen molar-refractivity contribution in [2.45, 2.75) is 39.8 Å². The van der Waals surface area contributed by atoms with Gasteiger partial charge in [0.1, 0.15) is 0 Å². The normalized spacial score (nSPS) is 16.9. The van der Waals surface area contributed by atoms with Gasteiger partial charge in [0.25, 0.3) is 0 Å². The number of amides is 1. The highest BCUT2D eigenvalue weighted by molar-refractivity contribution is 5.73. The summed E-state index contributed by atoms with van der Waals surface area (Å²) < 4.78 is 1.98. The minimum absolute atomic E-state index is 0.0458. The lowest BCUT2D eigenvalue weighted by Crippen LogP contribution is -2.35. The van der Waals surface area contributed by atoms with Crippen LogP contribution >= 0.6 is 0 Å². The zero-order chi connectivity index (χ0) is 20.4. The third-order valence-electron chi connectivity index (χ3n) is 5.45. The Labute approximate surface area is 172 Å². The molecule has 0 aliphatic carbocycles. The second kappa shape index (κ2) is 8.21. The maximum Gasteiger partial charge on any atom is 0.217 e. The molecule has 0 spiro atoms. The Balaban J connectivity index is 1.64. The molecule has 5 heteroatoms. The van der Waals surface area contributed by atoms with Crippen molar-refractivity contribution in [2.24, 2.45) is 0 Å². The Morgan fingerprint density at radius 1 is 1.14 bits per heavy atom. The number of benzene rings is 2. The fraction of sp³-hybridized carbons (Fsp3) is 0.333. The van der Waals surface area contributed by atoms with Gasteiger partial charge in [-0.1, -0.05) is 41.5 Å². The number of nitrogens with one attached hydrogen (secondary N) is 1. The standard InChI is InChI=1S/C24H28N4O/c1-17-7-9-23(10-8-17)28-15-21(14-27-12-11-22(16-27)25-19(3)29)24(26-28)20-6-4-5-18(2)13-20/h4-10,13,15,22H,11-12,14,16H2,1-3H3,(H,25,29). The summed E-state index contributed by atoms with van der Waals surface area (Å²) in [6.07, 6.45) is 3.14. The van der Waals surface area contributed by atoms with Crippen molar-refractivity contribution in [3.05, 3.63) is 71.4 Å². The average molecular weight is 389 g/mol. The van der Waals surface area contributed by atoms with E-state index < -0.39 is 0 Å². The summed E-state index contributed by atoms with van der Waals surface area (Å²) in [7, 11) is 0. The molecule has 1 fully saturated rings. The molecule has 1 unspecified atom stereocenters. The summed E-state index contributed by atoms with van der Waals surface area (Å²) >= 11 is 0. The molecular weight excluding hydrogens is 360 g/mol. The van der Waals surface area contributed by atoms with Crippen LogP contribution in [0, 0.1) is 13.8 Å². The van der Waals surface area contributed by atoms with Gasteiger partial charge < -0.3 is 5.32 Å². The maximum atomic E-state index is 11.4. The van der Waals surface area contributed by atoms with Crippen LogP contribution in [0.3, 0.4) is 0 Å². The van der Waals surface area contributed by atoms with Crippen molar-refractivity contribution in [2.75, 3.05) is 13.1 Å². The van der Waals surface area contributed by atoms with Gasteiger partial charge in [0, 0.05) is 49.9 Å². The topological polar surface area (TPSA) is 50.2 Å². The molecule has 4 rings (SSSR count). The van der Waals surface area contributed by atoms with E-state index >= 15 is 0 Å². The van der Waals surface area contributed by atoms with Crippen LogP contribution in [-0.4, -0.2) is 39.7 Å². The first kappa shape index (κ1) is 19.4. The third-order valence-corrected chi connectivity index (χ3v) is 5.45. The van der Waals surface area contributed by atoms with Crippen molar-refractivity contribution < 1.29 is 4.79 Å². The Bertz CT molecular complexity index is 1010. The fourth-order valence-electron chi connectivity index (χ4n) is 4.01. The zero-order valence-corrected chi connectivity index (χ0v) is 17.4. The van der Waals surface area contributed by atoms with Crippen LogP contribution in [0.15, 0.2) is 54.7 Å². The zero-order valence-electron chi connectivity index (χ0n) is 17.4. The van der Waals surface area contributed by atoms with Gasteiger partial charge in [-0.2, -0.15) is 5.10 Å². The molecule has 3 aromatic rings. The summed E-state index contributed by atoms with van der Waals surface area (Å²) in [6.45, 7) is 8.47. The number of hydrogen-bond acceptors (Lipinski definition) is 3. The van der Waals surface area contributed by atoms with Crippen LogP contribution in [0.25, 0.3) is 16.9 Å². The van der Waals surface area contributed by atoms with E-state index in [-0.39, 0.29) is 11.9 Å². The van der Waals surface area contributed by atoms with Crippen LogP contribution in [0.2, 0.25) is 0 Å². The molecule has 1 aliphatic heterocycles. The van der Waals surface area contributed by atoms with Crippen molar-refractivity contribution in [1.82, 2.24) is 20.0 Å². The van der Waals surface area contributed by atoms with E-state index in [0.717, 1.165) is 43.0 Å². The van der Waals surface area contributed by atoms with E-state index in [1.807, 2.05) is 4.68 Å². The lowest BCUT2D eigenvalue weighted by Gasteiger charge is -2.16. The summed E-state index contributed by atoms with van der Waals surface area (Å²) in [4.78, 5) is 13.8. The Morgan fingerprint density at radius 3 is 2.66 bits per heavy atom. The quantitative estimate of drug-likeness (QED) is 0.722. The predicted octanol–water partition coefficient (Wildman–Crippen LogP) is 3.87. The van der Waals surface area contributed by atoms with E-state index in [0.29, 0.717) is 0 Å². The van der Waals surface area contributed by atoms with Gasteiger partial charge in [-0.05, 0) is 38.5 Å². The van der Waals surface area contributed by atoms with Gasteiger partial charge in [-0.15, -0.1) is 0 Å². The second-order valence-electron chi connectivity index (χ2n) is 8.07. The van der Waals surface area contributed by atoms with E-state index in [9.17, 15) is 4.79 Å². The Morgan fingerprint density at radius 2 is 1.93 bits per heavy atom. The molecule has 150 valence electrons. The lowest BCUT2D eigenvalue weighted by atomic mass is 10.1. The molecule has 1 aliphatic rings. The minimum Gasteiger partial charge on any atom is -0.352 e. The largest absolute Gasteiger partial charge is 0.352 e. The molecule has 1 amide bonds.